The van der Waals surface area contributed by atoms with E-state index in [1.54, 1.807) is 18.3 Å². The van der Waals surface area contributed by atoms with Crippen molar-refractivity contribution in [2.24, 2.45) is 5.10 Å². The van der Waals surface area contributed by atoms with E-state index in [1.807, 2.05) is 24.4 Å². The van der Waals surface area contributed by atoms with Crippen molar-refractivity contribution >= 4 is 50.5 Å². The number of nitrogens with one attached hydrogen (secondary N) is 2. The van der Waals surface area contributed by atoms with Crippen LogP contribution in [0.4, 0.5) is 5.82 Å². The van der Waals surface area contributed by atoms with Crippen LogP contribution in [0.1, 0.15) is 5.56 Å². The number of anilines is 1. The molecule has 0 radical (unpaired) electrons. The van der Waals surface area contributed by atoms with E-state index in [1.165, 1.54) is 0 Å². The molecule has 0 unspecified atom stereocenters. The lowest BCUT2D eigenvalue weighted by molar-refractivity contribution is 1.02. The number of fused-ring (bicyclic) bond motifs is 1. The normalized spacial score (nSPS) is 11.3. The highest BCUT2D eigenvalue weighted by Crippen LogP contribution is 2.21. The lowest BCUT2D eigenvalue weighted by atomic mass is 10.2. The lowest BCUT2D eigenvalue weighted by Crippen LogP contribution is -1.94. The molecule has 2 N–H and O–H groups in total. The van der Waals surface area contributed by atoms with Gasteiger partial charge >= 0.3 is 0 Å². The molecule has 0 saturated heterocycles. The molecule has 5 nitrogen and oxygen atoms in total. The van der Waals surface area contributed by atoms with Crippen LogP contribution in [0, 0.1) is 0 Å². The molecule has 0 atom stereocenters. The predicted molar refractivity (Wildman–Crippen MR) is 84.3 cm³/mol. The average Bonchev–Trinajstić information content (AvgIpc) is 2.84. The van der Waals surface area contributed by atoms with Crippen molar-refractivity contribution in [1.82, 2.24) is 15.2 Å². The highest BCUT2D eigenvalue weighted by atomic mass is 79.9. The topological polar surface area (TPSA) is 66.0 Å². The highest BCUT2D eigenvalue weighted by molar-refractivity contribution is 9.10. The Bertz CT molecular complexity index is 766. The Kier molecular flexibility index (Phi) is 3.66. The highest BCUT2D eigenvalue weighted by Gasteiger charge is 2.01. The van der Waals surface area contributed by atoms with E-state index in [4.69, 9.17) is 11.6 Å². The van der Waals surface area contributed by atoms with Gasteiger partial charge in [0.15, 0.2) is 11.0 Å². The fourth-order valence-electron chi connectivity index (χ4n) is 1.76. The van der Waals surface area contributed by atoms with Gasteiger partial charge in [-0.2, -0.15) is 5.10 Å². The number of aromatic amines is 1. The number of hydrogen-bond donors (Lipinski definition) is 2. The molecule has 0 spiro atoms. The Balaban J connectivity index is 1.80. The third-order valence-corrected chi connectivity index (χ3v) is 3.39. The quantitative estimate of drug-likeness (QED) is 0.557. The van der Waals surface area contributed by atoms with Gasteiger partial charge in [0.25, 0.3) is 0 Å². The molecule has 0 aliphatic carbocycles. The van der Waals surface area contributed by atoms with Gasteiger partial charge in [0.05, 0.1) is 6.21 Å². The van der Waals surface area contributed by atoms with Crippen molar-refractivity contribution in [3.05, 3.63) is 51.7 Å². The summed E-state index contributed by atoms with van der Waals surface area (Å²) in [4.78, 5) is 3.19. The Morgan fingerprint density at radius 1 is 1.25 bits per heavy atom. The number of hydrazone groups is 1. The largest absolute Gasteiger partial charge is 0.361 e. The summed E-state index contributed by atoms with van der Waals surface area (Å²) in [5.74, 6) is 0.534. The molecule has 20 heavy (non-hydrogen) atoms. The maximum Gasteiger partial charge on any atom is 0.168 e. The lowest BCUT2D eigenvalue weighted by Gasteiger charge is -1.97. The van der Waals surface area contributed by atoms with E-state index in [0.29, 0.717) is 11.0 Å². The van der Waals surface area contributed by atoms with Crippen molar-refractivity contribution in [3.63, 3.8) is 0 Å². The van der Waals surface area contributed by atoms with Gasteiger partial charge in [-0.15, -0.1) is 10.2 Å². The third-order valence-electron chi connectivity index (χ3n) is 2.69. The van der Waals surface area contributed by atoms with Crippen molar-refractivity contribution in [1.29, 1.82) is 0 Å². The van der Waals surface area contributed by atoms with Crippen molar-refractivity contribution in [2.75, 3.05) is 5.43 Å². The van der Waals surface area contributed by atoms with E-state index in [9.17, 15) is 0 Å². The maximum atomic E-state index is 5.66. The summed E-state index contributed by atoms with van der Waals surface area (Å²) in [6.45, 7) is 0. The van der Waals surface area contributed by atoms with Crippen LogP contribution < -0.4 is 5.43 Å². The van der Waals surface area contributed by atoms with Crippen LogP contribution in [0.3, 0.4) is 0 Å². The third kappa shape index (κ3) is 2.81. The first-order chi connectivity index (χ1) is 9.72. The van der Waals surface area contributed by atoms with Crippen LogP contribution >= 0.6 is 27.5 Å². The maximum absolute atomic E-state index is 5.66. The van der Waals surface area contributed by atoms with Gasteiger partial charge in [-0.05, 0) is 30.3 Å². The number of hydrogen-bond acceptors (Lipinski definition) is 4. The van der Waals surface area contributed by atoms with E-state index < -0.39 is 0 Å². The summed E-state index contributed by atoms with van der Waals surface area (Å²) < 4.78 is 1.02. The van der Waals surface area contributed by atoms with Gasteiger partial charge in [0, 0.05) is 27.1 Å². The minimum atomic E-state index is 0.348. The fraction of sp³-hybridized carbons (Fsp3) is 0. The Hall–Kier alpha value is -1.92. The van der Waals surface area contributed by atoms with Crippen molar-refractivity contribution in [2.45, 2.75) is 0 Å². The Labute approximate surface area is 128 Å². The summed E-state index contributed by atoms with van der Waals surface area (Å²) in [5.41, 5.74) is 4.84. The van der Waals surface area contributed by atoms with Crippen LogP contribution in [0.15, 0.2) is 46.1 Å². The second-order valence-corrected chi connectivity index (χ2v) is 5.35. The fourth-order valence-corrected chi connectivity index (χ4v) is 2.23. The molecule has 0 aliphatic rings. The Morgan fingerprint density at radius 2 is 2.15 bits per heavy atom. The molecular formula is C13H9BrClN5. The monoisotopic (exact) mass is 349 g/mol. The summed E-state index contributed by atoms with van der Waals surface area (Å²) in [6.07, 6.45) is 3.62. The van der Waals surface area contributed by atoms with Crippen LogP contribution in [-0.4, -0.2) is 21.4 Å². The number of aromatic nitrogens is 3. The van der Waals surface area contributed by atoms with E-state index in [2.05, 4.69) is 41.6 Å². The van der Waals surface area contributed by atoms with E-state index in [-0.39, 0.29) is 0 Å². The minimum absolute atomic E-state index is 0.348. The first kappa shape index (κ1) is 13.1. The molecule has 0 bridgehead atoms. The zero-order valence-electron chi connectivity index (χ0n) is 10.1. The van der Waals surface area contributed by atoms with E-state index in [0.717, 1.165) is 20.9 Å². The summed E-state index contributed by atoms with van der Waals surface area (Å²) in [7, 11) is 0. The number of halogens is 2. The molecular weight excluding hydrogens is 342 g/mol. The van der Waals surface area contributed by atoms with Crippen LogP contribution in [0.2, 0.25) is 5.15 Å². The molecule has 0 amide bonds. The summed E-state index contributed by atoms with van der Waals surface area (Å²) in [5, 5.41) is 13.2. The zero-order chi connectivity index (χ0) is 13.9. The zero-order valence-corrected chi connectivity index (χ0v) is 12.5. The molecule has 3 aromatic rings. The molecule has 0 aliphatic heterocycles. The van der Waals surface area contributed by atoms with Gasteiger partial charge < -0.3 is 4.98 Å². The van der Waals surface area contributed by atoms with Crippen LogP contribution in [0.5, 0.6) is 0 Å². The molecule has 100 valence electrons. The average molecular weight is 351 g/mol. The SMILES string of the molecule is Clc1ccc(NN=Cc2c[nH]c3ccc(Br)cc23)nn1. The molecule has 2 heterocycles. The summed E-state index contributed by atoms with van der Waals surface area (Å²) in [6, 6.07) is 9.39. The van der Waals surface area contributed by atoms with Gasteiger partial charge in [-0.3, -0.25) is 5.43 Å². The van der Waals surface area contributed by atoms with Crippen molar-refractivity contribution < 1.29 is 0 Å². The molecule has 0 saturated carbocycles. The first-order valence-corrected chi connectivity index (χ1v) is 6.94. The van der Waals surface area contributed by atoms with Gasteiger partial charge in [-0.25, -0.2) is 0 Å². The van der Waals surface area contributed by atoms with Crippen molar-refractivity contribution in [3.8, 4) is 0 Å². The molecule has 7 heteroatoms. The Morgan fingerprint density at radius 3 is 2.95 bits per heavy atom. The summed E-state index contributed by atoms with van der Waals surface area (Å²) >= 11 is 9.12. The van der Waals surface area contributed by atoms with Crippen LogP contribution in [-0.2, 0) is 0 Å². The number of H-pyrrole nitrogens is 1. The number of nitrogens with zero attached hydrogens (tertiary/aromatic N) is 3. The second-order valence-electron chi connectivity index (χ2n) is 4.05. The smallest absolute Gasteiger partial charge is 0.168 e. The van der Waals surface area contributed by atoms with Gasteiger partial charge in [-0.1, -0.05) is 27.5 Å². The number of rotatable bonds is 3. The van der Waals surface area contributed by atoms with Crippen LogP contribution in [0.25, 0.3) is 10.9 Å². The van der Waals surface area contributed by atoms with Gasteiger partial charge in [0.2, 0.25) is 0 Å². The minimum Gasteiger partial charge on any atom is -0.361 e. The van der Waals surface area contributed by atoms with Gasteiger partial charge in [0.1, 0.15) is 0 Å². The van der Waals surface area contributed by atoms with E-state index >= 15 is 0 Å². The molecule has 3 rings (SSSR count). The molecule has 0 fully saturated rings. The molecule has 2 aromatic heterocycles. The second kappa shape index (κ2) is 5.60. The number of benzene rings is 1. The molecule has 1 aromatic carbocycles. The predicted octanol–water partition coefficient (Wildman–Crippen LogP) is 3.82. The first-order valence-electron chi connectivity index (χ1n) is 5.77. The standard InChI is InChI=1S/C13H9BrClN5/c14-9-1-2-11-10(5-9)8(6-16-11)7-17-19-13-4-3-12(15)18-20-13/h1-7,16H,(H,19,20).